The number of cyclic esters (lactones) is 1. The standard InChI is InChI=1S/C34H48FN5O6/c1-8-27-34(7)29(23(5)28(41)21(3)16-20(2)17-22(4)30(42)33(6,35)31(43)45-27)40(32(44)46-34)15-10-9-14-39-19-26(37-38-39)24-12-11-13-25(36)18-24/h11-13,18-23,27,29H,8-10,14-17,36H2,1-7H3/t20-,21+,22+,23-,27+,29?,33-,34+/m0/s1. The zero-order chi connectivity index (χ0) is 34.0. The first-order valence-electron chi connectivity index (χ1n) is 16.3. The number of amides is 1. The Morgan fingerprint density at radius 1 is 1.02 bits per heavy atom. The van der Waals surface area contributed by atoms with E-state index in [0.717, 1.165) is 12.5 Å². The molecule has 2 fully saturated rings. The van der Waals surface area contributed by atoms with Crippen LogP contribution < -0.4 is 5.73 Å². The van der Waals surface area contributed by atoms with Crippen LogP contribution in [0.3, 0.4) is 0 Å². The van der Waals surface area contributed by atoms with Crippen molar-refractivity contribution in [1.82, 2.24) is 19.9 Å². The highest BCUT2D eigenvalue weighted by Crippen LogP contribution is 2.42. The van der Waals surface area contributed by atoms with Crippen LogP contribution >= 0.6 is 0 Å². The number of ketones is 2. The van der Waals surface area contributed by atoms with Gasteiger partial charge in [-0.2, -0.15) is 0 Å². The van der Waals surface area contributed by atoms with Gasteiger partial charge in [-0.25, -0.2) is 14.0 Å². The topological polar surface area (TPSA) is 147 Å². The molecule has 2 aliphatic rings. The number of Topliss-reactive ketones (excluding diaryl/α,β-unsaturated/α-hetero) is 2. The second kappa shape index (κ2) is 13.9. The van der Waals surface area contributed by atoms with E-state index in [1.165, 1.54) is 0 Å². The first-order valence-corrected chi connectivity index (χ1v) is 16.3. The minimum absolute atomic E-state index is 0.0457. The summed E-state index contributed by atoms with van der Waals surface area (Å²) < 4.78 is 29.2. The maximum absolute atomic E-state index is 15.8. The van der Waals surface area contributed by atoms with Gasteiger partial charge in [-0.3, -0.25) is 14.3 Å². The summed E-state index contributed by atoms with van der Waals surface area (Å²) in [5.41, 5.74) is 3.75. The lowest BCUT2D eigenvalue weighted by Crippen LogP contribution is -2.58. The van der Waals surface area contributed by atoms with E-state index >= 15 is 4.39 Å². The third kappa shape index (κ3) is 7.10. The summed E-state index contributed by atoms with van der Waals surface area (Å²) in [4.78, 5) is 55.2. The van der Waals surface area contributed by atoms with Gasteiger partial charge in [0.2, 0.25) is 0 Å². The molecule has 4 rings (SSSR count). The summed E-state index contributed by atoms with van der Waals surface area (Å²) in [5.74, 6) is -4.08. The molecule has 1 amide bonds. The molecule has 0 radical (unpaired) electrons. The maximum atomic E-state index is 15.8. The van der Waals surface area contributed by atoms with Crippen molar-refractivity contribution in [2.75, 3.05) is 12.3 Å². The Bertz CT molecular complexity index is 1440. The molecule has 252 valence electrons. The van der Waals surface area contributed by atoms with Crippen molar-refractivity contribution < 1.29 is 33.0 Å². The Kier molecular flexibility index (Phi) is 10.6. The number of nitrogens with zero attached hydrogens (tertiary/aromatic N) is 4. The Balaban J connectivity index is 1.56. The van der Waals surface area contributed by atoms with E-state index in [2.05, 4.69) is 10.3 Å². The summed E-state index contributed by atoms with van der Waals surface area (Å²) in [6.07, 6.45) is 2.31. The van der Waals surface area contributed by atoms with Crippen LogP contribution in [0.4, 0.5) is 14.9 Å². The quantitative estimate of drug-likeness (QED) is 0.181. The number of carbonyl (C=O) groups excluding carboxylic acids is 4. The highest BCUT2D eigenvalue weighted by Gasteiger charge is 2.60. The average molecular weight is 642 g/mol. The minimum atomic E-state index is -2.87. The van der Waals surface area contributed by atoms with Gasteiger partial charge in [-0.1, -0.05) is 52.0 Å². The van der Waals surface area contributed by atoms with E-state index in [1.807, 2.05) is 38.2 Å². The largest absolute Gasteiger partial charge is 0.455 e. The average Bonchev–Trinajstić information content (AvgIpc) is 3.57. The first-order chi connectivity index (χ1) is 21.6. The van der Waals surface area contributed by atoms with E-state index in [-0.39, 0.29) is 30.6 Å². The number of halogens is 1. The number of ether oxygens (including phenoxy) is 2. The Hall–Kier alpha value is -3.83. The molecule has 1 unspecified atom stereocenters. The smallest absolute Gasteiger partial charge is 0.410 e. The number of carbonyl (C=O) groups is 4. The molecule has 8 atom stereocenters. The molecule has 2 aliphatic heterocycles. The van der Waals surface area contributed by atoms with Crippen molar-refractivity contribution in [2.45, 2.75) is 111 Å². The molecule has 11 nitrogen and oxygen atoms in total. The van der Waals surface area contributed by atoms with Crippen molar-refractivity contribution in [2.24, 2.45) is 23.7 Å². The van der Waals surface area contributed by atoms with Gasteiger partial charge in [0.1, 0.15) is 17.6 Å². The molecule has 0 bridgehead atoms. The molecule has 0 saturated carbocycles. The number of rotatable bonds is 7. The summed E-state index contributed by atoms with van der Waals surface area (Å²) in [7, 11) is 0. The molecule has 46 heavy (non-hydrogen) atoms. The number of benzene rings is 1. The number of nitrogen functional groups attached to an aromatic ring is 1. The van der Waals surface area contributed by atoms with Gasteiger partial charge in [0, 0.05) is 42.1 Å². The van der Waals surface area contributed by atoms with Crippen LogP contribution in [0.5, 0.6) is 0 Å². The molecular formula is C34H48FN5O6. The van der Waals surface area contributed by atoms with E-state index in [9.17, 15) is 19.2 Å². The van der Waals surface area contributed by atoms with Crippen LogP contribution in [0.25, 0.3) is 11.3 Å². The van der Waals surface area contributed by atoms with Crippen molar-refractivity contribution in [3.8, 4) is 11.3 Å². The second-order valence-corrected chi connectivity index (χ2v) is 13.6. The molecule has 0 spiro atoms. The SMILES string of the molecule is CC[C@H]1OC(=O)[C@@](C)(F)C(=O)[C@H](C)C[C@@H](C)C[C@@H](C)C(=O)[C@H](C)C2N(CCCCn3cc(-c4cccc(N)c4)nn3)C(=O)O[C@@]21C. The van der Waals surface area contributed by atoms with Crippen LogP contribution in [0.2, 0.25) is 0 Å². The fourth-order valence-corrected chi connectivity index (χ4v) is 7.32. The number of aromatic nitrogens is 3. The van der Waals surface area contributed by atoms with E-state index in [4.69, 9.17) is 15.2 Å². The minimum Gasteiger partial charge on any atom is -0.455 e. The lowest BCUT2D eigenvalue weighted by atomic mass is 9.75. The lowest BCUT2D eigenvalue weighted by molar-refractivity contribution is -0.180. The summed E-state index contributed by atoms with van der Waals surface area (Å²) in [5, 5.41) is 8.46. The zero-order valence-corrected chi connectivity index (χ0v) is 28.0. The Morgan fingerprint density at radius 3 is 2.37 bits per heavy atom. The molecule has 1 aromatic carbocycles. The first kappa shape index (κ1) is 35.0. The molecule has 2 saturated heterocycles. The van der Waals surface area contributed by atoms with Crippen LogP contribution in [0.15, 0.2) is 30.5 Å². The maximum Gasteiger partial charge on any atom is 0.410 e. The number of alkyl halides is 1. The fraction of sp³-hybridized carbons (Fsp3) is 0.647. The van der Waals surface area contributed by atoms with Gasteiger partial charge < -0.3 is 20.1 Å². The lowest BCUT2D eigenvalue weighted by Gasteiger charge is -2.41. The van der Waals surface area contributed by atoms with Gasteiger partial charge in [0.25, 0.3) is 5.67 Å². The number of unbranched alkanes of at least 4 members (excludes halogenated alkanes) is 1. The number of esters is 1. The normalized spacial score (nSPS) is 32.9. The van der Waals surface area contributed by atoms with Gasteiger partial charge in [0.05, 0.1) is 12.2 Å². The Morgan fingerprint density at radius 2 is 1.70 bits per heavy atom. The summed E-state index contributed by atoms with van der Waals surface area (Å²) >= 11 is 0. The Labute approximate surface area is 270 Å². The van der Waals surface area contributed by atoms with E-state index in [0.29, 0.717) is 43.6 Å². The van der Waals surface area contributed by atoms with Gasteiger partial charge in [-0.05, 0) is 64.0 Å². The predicted octanol–water partition coefficient (Wildman–Crippen LogP) is 5.41. The van der Waals surface area contributed by atoms with E-state index in [1.54, 1.807) is 43.3 Å². The number of aryl methyl sites for hydroxylation is 1. The van der Waals surface area contributed by atoms with Crippen molar-refractivity contribution in [3.05, 3.63) is 30.5 Å². The number of fused-ring (bicyclic) bond motifs is 1. The third-order valence-corrected chi connectivity index (χ3v) is 9.70. The van der Waals surface area contributed by atoms with Gasteiger partial charge in [0.15, 0.2) is 11.4 Å². The molecule has 3 heterocycles. The molecule has 1 aromatic heterocycles. The number of nitrogens with two attached hydrogens (primary N) is 1. The van der Waals surface area contributed by atoms with E-state index < -0.39 is 53.1 Å². The molecule has 0 aliphatic carbocycles. The zero-order valence-electron chi connectivity index (χ0n) is 28.0. The van der Waals surface area contributed by atoms with Crippen LogP contribution in [-0.4, -0.2) is 73.5 Å². The number of hydrogen-bond donors (Lipinski definition) is 1. The number of anilines is 1. The van der Waals surface area contributed by atoms with Crippen molar-refractivity contribution >= 4 is 29.3 Å². The predicted molar refractivity (Wildman–Crippen MR) is 170 cm³/mol. The molecule has 2 aromatic rings. The highest BCUT2D eigenvalue weighted by atomic mass is 19.1. The monoisotopic (exact) mass is 641 g/mol. The number of hydrogen-bond acceptors (Lipinski definition) is 9. The van der Waals surface area contributed by atoms with Crippen molar-refractivity contribution in [3.63, 3.8) is 0 Å². The van der Waals surface area contributed by atoms with Gasteiger partial charge in [-0.15, -0.1) is 5.10 Å². The summed E-state index contributed by atoms with van der Waals surface area (Å²) in [6, 6.07) is 6.60. The molecule has 12 heteroatoms. The van der Waals surface area contributed by atoms with Crippen molar-refractivity contribution in [1.29, 1.82) is 0 Å². The fourth-order valence-electron chi connectivity index (χ4n) is 7.32. The highest BCUT2D eigenvalue weighted by molar-refractivity contribution is 6.07. The molecule has 2 N–H and O–H groups in total. The summed E-state index contributed by atoms with van der Waals surface area (Å²) in [6.45, 7) is 12.3. The second-order valence-electron chi connectivity index (χ2n) is 13.6. The van der Waals surface area contributed by atoms with Crippen LogP contribution in [0, 0.1) is 23.7 Å². The van der Waals surface area contributed by atoms with Gasteiger partial charge >= 0.3 is 12.1 Å². The van der Waals surface area contributed by atoms with Crippen LogP contribution in [-0.2, 0) is 30.4 Å². The molecular weight excluding hydrogens is 593 g/mol. The third-order valence-electron chi connectivity index (χ3n) is 9.70. The van der Waals surface area contributed by atoms with Crippen LogP contribution in [0.1, 0.15) is 80.6 Å².